The van der Waals surface area contributed by atoms with E-state index in [9.17, 15) is 18.7 Å². The van der Waals surface area contributed by atoms with Crippen molar-refractivity contribution >= 4 is 5.91 Å². The first kappa shape index (κ1) is 17.1. The topological polar surface area (TPSA) is 49.8 Å². The number of piperidine rings is 1. The second-order valence-corrected chi connectivity index (χ2v) is 7.04. The number of aliphatic hydroxyl groups is 1. The van der Waals surface area contributed by atoms with Crippen molar-refractivity contribution in [3.63, 3.8) is 0 Å². The number of carbonyl (C=O) groups is 1. The lowest BCUT2D eigenvalue weighted by Gasteiger charge is -2.42. The van der Waals surface area contributed by atoms with E-state index in [2.05, 4.69) is 4.74 Å². The Morgan fingerprint density at radius 2 is 2.04 bits per heavy atom. The Kier molecular flexibility index (Phi) is 5.04. The Balaban J connectivity index is 1.67. The molecule has 0 aromatic heterocycles. The molecule has 1 unspecified atom stereocenters. The van der Waals surface area contributed by atoms with Crippen LogP contribution >= 0.6 is 0 Å². The number of amides is 1. The van der Waals surface area contributed by atoms with E-state index in [1.54, 1.807) is 4.90 Å². The zero-order valence-electron chi connectivity index (χ0n) is 13.6. The molecule has 1 aliphatic carbocycles. The van der Waals surface area contributed by atoms with Crippen LogP contribution in [0.1, 0.15) is 42.5 Å². The number of likely N-dealkylation sites (tertiary alicyclic amines) is 1. The number of halogens is 2. The molecule has 1 aromatic rings. The average molecular weight is 339 g/mol. The fourth-order valence-corrected chi connectivity index (χ4v) is 3.64. The van der Waals surface area contributed by atoms with Crippen molar-refractivity contribution in [3.8, 4) is 5.75 Å². The van der Waals surface area contributed by atoms with Gasteiger partial charge in [0.25, 0.3) is 5.91 Å². The van der Waals surface area contributed by atoms with Crippen molar-refractivity contribution in [2.24, 2.45) is 11.3 Å². The number of hydrogen-bond acceptors (Lipinski definition) is 3. The lowest BCUT2D eigenvalue weighted by molar-refractivity contribution is -0.0498. The molecule has 1 amide bonds. The fraction of sp³-hybridized carbons (Fsp3) is 0.611. The summed E-state index contributed by atoms with van der Waals surface area (Å²) in [7, 11) is 0. The van der Waals surface area contributed by atoms with Crippen LogP contribution in [0, 0.1) is 11.3 Å². The molecule has 1 heterocycles. The molecule has 4 nitrogen and oxygen atoms in total. The minimum Gasteiger partial charge on any atom is -0.435 e. The van der Waals surface area contributed by atoms with E-state index in [-0.39, 0.29) is 23.7 Å². The number of aliphatic hydroxyl groups excluding tert-OH is 1. The lowest BCUT2D eigenvalue weighted by atomic mass is 9.76. The maximum Gasteiger partial charge on any atom is 0.387 e. The minimum atomic E-state index is -2.87. The van der Waals surface area contributed by atoms with Crippen molar-refractivity contribution in [3.05, 3.63) is 29.8 Å². The first-order valence-electron chi connectivity index (χ1n) is 8.46. The smallest absolute Gasteiger partial charge is 0.387 e. The SMILES string of the molecule is O=C(c1ccc(OC(F)F)cc1)N1CCCC(CO)(CC2CC2)C1. The molecule has 2 aliphatic rings. The third-order valence-electron chi connectivity index (χ3n) is 5.03. The molecule has 1 aromatic carbocycles. The zero-order valence-corrected chi connectivity index (χ0v) is 13.6. The number of nitrogens with zero attached hydrogens (tertiary/aromatic N) is 1. The van der Waals surface area contributed by atoms with Crippen LogP contribution in [0.5, 0.6) is 5.75 Å². The Labute approximate surface area is 140 Å². The highest BCUT2D eigenvalue weighted by Gasteiger charge is 2.41. The molecule has 3 rings (SSSR count). The third kappa shape index (κ3) is 4.04. The van der Waals surface area contributed by atoms with E-state index in [1.165, 1.54) is 37.1 Å². The first-order chi connectivity index (χ1) is 11.5. The molecule has 1 atom stereocenters. The van der Waals surface area contributed by atoms with Crippen LogP contribution in [0.25, 0.3) is 0 Å². The van der Waals surface area contributed by atoms with E-state index in [0.29, 0.717) is 24.6 Å². The Morgan fingerprint density at radius 1 is 1.33 bits per heavy atom. The molecule has 132 valence electrons. The molecule has 1 aliphatic heterocycles. The van der Waals surface area contributed by atoms with Crippen LogP contribution in [0.4, 0.5) is 8.78 Å². The van der Waals surface area contributed by atoms with Crippen LogP contribution in [-0.2, 0) is 0 Å². The van der Waals surface area contributed by atoms with Gasteiger partial charge in [0.05, 0.1) is 6.61 Å². The number of alkyl halides is 2. The monoisotopic (exact) mass is 339 g/mol. The van der Waals surface area contributed by atoms with Gasteiger partial charge in [0, 0.05) is 24.1 Å². The molecule has 1 N–H and O–H groups in total. The summed E-state index contributed by atoms with van der Waals surface area (Å²) in [6.07, 6.45) is 5.26. The number of rotatable bonds is 6. The summed E-state index contributed by atoms with van der Waals surface area (Å²) in [6, 6.07) is 5.78. The first-order valence-corrected chi connectivity index (χ1v) is 8.46. The van der Waals surface area contributed by atoms with Crippen LogP contribution in [0.2, 0.25) is 0 Å². The number of benzene rings is 1. The summed E-state index contributed by atoms with van der Waals surface area (Å²) in [5, 5.41) is 9.88. The summed E-state index contributed by atoms with van der Waals surface area (Å²) in [4.78, 5) is 14.5. The van der Waals surface area contributed by atoms with Gasteiger partial charge >= 0.3 is 6.61 Å². The van der Waals surface area contributed by atoms with E-state index < -0.39 is 6.61 Å². The van der Waals surface area contributed by atoms with Crippen LogP contribution in [0.3, 0.4) is 0 Å². The predicted molar refractivity (Wildman–Crippen MR) is 85.1 cm³/mol. The molecular weight excluding hydrogens is 316 g/mol. The Morgan fingerprint density at radius 3 is 2.62 bits per heavy atom. The van der Waals surface area contributed by atoms with Gasteiger partial charge < -0.3 is 14.7 Å². The maximum atomic E-state index is 12.7. The van der Waals surface area contributed by atoms with Crippen molar-refractivity contribution < 1.29 is 23.4 Å². The molecular formula is C18H23F2NO3. The van der Waals surface area contributed by atoms with Crippen LogP contribution in [-0.4, -0.2) is 42.2 Å². The van der Waals surface area contributed by atoms with Gasteiger partial charge in [-0.15, -0.1) is 0 Å². The van der Waals surface area contributed by atoms with E-state index in [4.69, 9.17) is 0 Å². The summed E-state index contributed by atoms with van der Waals surface area (Å²) in [6.45, 7) is -1.54. The van der Waals surface area contributed by atoms with Crippen molar-refractivity contribution in [2.45, 2.75) is 38.7 Å². The van der Waals surface area contributed by atoms with Gasteiger partial charge in [-0.2, -0.15) is 8.78 Å². The average Bonchev–Trinajstić information content (AvgIpc) is 3.38. The van der Waals surface area contributed by atoms with Gasteiger partial charge in [-0.25, -0.2) is 0 Å². The van der Waals surface area contributed by atoms with Gasteiger partial charge in [0.2, 0.25) is 0 Å². The second-order valence-electron chi connectivity index (χ2n) is 7.04. The van der Waals surface area contributed by atoms with E-state index in [1.807, 2.05) is 0 Å². The molecule has 1 saturated carbocycles. The highest BCUT2D eigenvalue weighted by atomic mass is 19.3. The van der Waals surface area contributed by atoms with Gasteiger partial charge in [-0.05, 0) is 49.4 Å². The highest BCUT2D eigenvalue weighted by Crippen LogP contribution is 2.44. The summed E-state index contributed by atoms with van der Waals surface area (Å²) >= 11 is 0. The predicted octanol–water partition coefficient (Wildman–Crippen LogP) is 3.30. The fourth-order valence-electron chi connectivity index (χ4n) is 3.64. The maximum absolute atomic E-state index is 12.7. The van der Waals surface area contributed by atoms with Gasteiger partial charge in [0.15, 0.2) is 0 Å². The molecule has 0 spiro atoms. The minimum absolute atomic E-state index is 0.0404. The van der Waals surface area contributed by atoms with Crippen LogP contribution in [0.15, 0.2) is 24.3 Å². The van der Waals surface area contributed by atoms with Crippen molar-refractivity contribution in [2.75, 3.05) is 19.7 Å². The largest absolute Gasteiger partial charge is 0.435 e. The molecule has 6 heteroatoms. The summed E-state index contributed by atoms with van der Waals surface area (Å²) in [5.41, 5.74) is 0.269. The van der Waals surface area contributed by atoms with E-state index in [0.717, 1.165) is 19.3 Å². The molecule has 0 bridgehead atoms. The summed E-state index contributed by atoms with van der Waals surface area (Å²) < 4.78 is 28.7. The van der Waals surface area contributed by atoms with Crippen molar-refractivity contribution in [1.82, 2.24) is 4.90 Å². The zero-order chi connectivity index (χ0) is 17.2. The number of hydrogen-bond donors (Lipinski definition) is 1. The van der Waals surface area contributed by atoms with Gasteiger partial charge in [-0.3, -0.25) is 4.79 Å². The molecule has 24 heavy (non-hydrogen) atoms. The lowest BCUT2D eigenvalue weighted by Crippen LogP contribution is -2.48. The molecule has 1 saturated heterocycles. The van der Waals surface area contributed by atoms with E-state index >= 15 is 0 Å². The summed E-state index contributed by atoms with van der Waals surface area (Å²) in [5.74, 6) is 0.614. The number of carbonyl (C=O) groups excluding carboxylic acids is 1. The van der Waals surface area contributed by atoms with Gasteiger partial charge in [0.1, 0.15) is 5.75 Å². The number of ether oxygens (including phenoxy) is 1. The Bertz CT molecular complexity index is 574. The molecule has 2 fully saturated rings. The van der Waals surface area contributed by atoms with Crippen LogP contribution < -0.4 is 4.74 Å². The molecule has 0 radical (unpaired) electrons. The highest BCUT2D eigenvalue weighted by molar-refractivity contribution is 5.94. The Hall–Kier alpha value is -1.69. The second kappa shape index (κ2) is 7.05. The normalized spacial score (nSPS) is 24.2. The third-order valence-corrected chi connectivity index (χ3v) is 5.03. The van der Waals surface area contributed by atoms with Crippen molar-refractivity contribution in [1.29, 1.82) is 0 Å². The quantitative estimate of drug-likeness (QED) is 0.865. The standard InChI is InChI=1S/C18H23F2NO3/c19-17(20)24-15-6-4-14(5-7-15)16(23)21-9-1-8-18(11-21,12-22)10-13-2-3-13/h4-7,13,17,22H,1-3,8-12H2. The van der Waals surface area contributed by atoms with Gasteiger partial charge in [-0.1, -0.05) is 12.8 Å².